The van der Waals surface area contributed by atoms with Crippen molar-refractivity contribution < 1.29 is 24.2 Å². The van der Waals surface area contributed by atoms with Crippen LogP contribution in [0.15, 0.2) is 18.2 Å². The summed E-state index contributed by atoms with van der Waals surface area (Å²) in [6.07, 6.45) is 0.308. The van der Waals surface area contributed by atoms with Gasteiger partial charge in [-0.25, -0.2) is 0 Å². The van der Waals surface area contributed by atoms with Crippen molar-refractivity contribution in [2.45, 2.75) is 12.5 Å². The van der Waals surface area contributed by atoms with Crippen molar-refractivity contribution in [3.8, 4) is 11.5 Å². The summed E-state index contributed by atoms with van der Waals surface area (Å²) in [4.78, 5) is 21.2. The van der Waals surface area contributed by atoms with Crippen LogP contribution in [0.3, 0.4) is 0 Å². The fourth-order valence-electron chi connectivity index (χ4n) is 1.81. The number of aliphatic carboxylic acids is 1. The summed E-state index contributed by atoms with van der Waals surface area (Å²) < 4.78 is 10.8. The summed E-state index contributed by atoms with van der Waals surface area (Å²) in [6, 6.07) is 4.55. The van der Waals surface area contributed by atoms with E-state index in [1.165, 1.54) is 0 Å². The van der Waals surface area contributed by atoms with Crippen LogP contribution < -0.4 is 14.8 Å². The van der Waals surface area contributed by atoms with Gasteiger partial charge in [-0.15, -0.1) is 0 Å². The number of ether oxygens (including phenoxy) is 2. The summed E-state index contributed by atoms with van der Waals surface area (Å²) in [5.74, 6) is 0.219. The minimum absolute atomic E-state index is 0.182. The average molecular weight is 251 g/mol. The molecule has 1 amide bonds. The first-order valence-electron chi connectivity index (χ1n) is 5.51. The Morgan fingerprint density at radius 3 is 2.78 bits per heavy atom. The Balaban J connectivity index is 2.24. The van der Waals surface area contributed by atoms with Crippen molar-refractivity contribution in [2.24, 2.45) is 0 Å². The van der Waals surface area contributed by atoms with Crippen molar-refractivity contribution in [1.29, 1.82) is 0 Å². The Morgan fingerprint density at radius 2 is 2.11 bits per heavy atom. The van der Waals surface area contributed by atoms with Crippen LogP contribution in [0.2, 0.25) is 0 Å². The zero-order valence-corrected chi connectivity index (χ0v) is 9.59. The number of nitrogens with one attached hydrogen (secondary N) is 1. The zero-order valence-electron chi connectivity index (χ0n) is 9.59. The molecule has 1 heterocycles. The Bertz CT molecular complexity index is 460. The third kappa shape index (κ3) is 2.71. The third-order valence-electron chi connectivity index (χ3n) is 2.62. The Kier molecular flexibility index (Phi) is 3.66. The molecular formula is C12H13NO5. The number of benzene rings is 1. The molecule has 0 aliphatic carbocycles. The van der Waals surface area contributed by atoms with E-state index in [9.17, 15) is 9.59 Å². The molecule has 1 aromatic carbocycles. The topological polar surface area (TPSA) is 84.9 Å². The highest BCUT2D eigenvalue weighted by Gasteiger charge is 2.18. The number of carboxylic acids is 1. The molecule has 6 heteroatoms. The monoisotopic (exact) mass is 251 g/mol. The van der Waals surface area contributed by atoms with Crippen molar-refractivity contribution in [1.82, 2.24) is 5.32 Å². The first kappa shape index (κ1) is 12.2. The number of hydrogen-bond acceptors (Lipinski definition) is 4. The highest BCUT2D eigenvalue weighted by molar-refractivity contribution is 5.68. The molecule has 96 valence electrons. The van der Waals surface area contributed by atoms with Crippen LogP contribution in [0.25, 0.3) is 0 Å². The first-order chi connectivity index (χ1) is 8.70. The fraction of sp³-hybridized carbons (Fsp3) is 0.333. The SMILES string of the molecule is O=CNC(CC(=O)O)c1ccc2c(c1)OCCO2. The van der Waals surface area contributed by atoms with E-state index < -0.39 is 12.0 Å². The van der Waals surface area contributed by atoms with Crippen LogP contribution in [-0.2, 0) is 9.59 Å². The number of hydrogen-bond donors (Lipinski definition) is 2. The van der Waals surface area contributed by atoms with Gasteiger partial charge in [-0.1, -0.05) is 6.07 Å². The molecule has 2 N–H and O–H groups in total. The van der Waals surface area contributed by atoms with Crippen molar-refractivity contribution in [3.63, 3.8) is 0 Å². The van der Waals surface area contributed by atoms with Gasteiger partial charge in [-0.2, -0.15) is 0 Å². The lowest BCUT2D eigenvalue weighted by Crippen LogP contribution is -2.23. The molecule has 1 aromatic rings. The van der Waals surface area contributed by atoms with Gasteiger partial charge < -0.3 is 19.9 Å². The summed E-state index contributed by atoms with van der Waals surface area (Å²) in [5, 5.41) is 11.3. The predicted molar refractivity (Wildman–Crippen MR) is 61.6 cm³/mol. The second-order valence-corrected chi connectivity index (χ2v) is 3.84. The number of rotatable bonds is 5. The largest absolute Gasteiger partial charge is 0.486 e. The van der Waals surface area contributed by atoms with Gasteiger partial charge in [0.25, 0.3) is 0 Å². The van der Waals surface area contributed by atoms with Gasteiger partial charge in [-0.05, 0) is 17.7 Å². The first-order valence-corrected chi connectivity index (χ1v) is 5.51. The minimum atomic E-state index is -0.982. The standard InChI is InChI=1S/C12H13NO5/c14-7-13-9(6-12(15)16)8-1-2-10-11(5-8)18-4-3-17-10/h1-2,5,7,9H,3-4,6H2,(H,13,14)(H,15,16). The van der Waals surface area contributed by atoms with E-state index in [-0.39, 0.29) is 6.42 Å². The molecule has 0 saturated heterocycles. The van der Waals surface area contributed by atoms with Gasteiger partial charge in [0.05, 0.1) is 12.5 Å². The van der Waals surface area contributed by atoms with Crippen molar-refractivity contribution in [2.75, 3.05) is 13.2 Å². The van der Waals surface area contributed by atoms with Gasteiger partial charge in [0.2, 0.25) is 6.41 Å². The van der Waals surface area contributed by atoms with Crippen molar-refractivity contribution >= 4 is 12.4 Å². The second kappa shape index (κ2) is 5.39. The molecule has 0 spiro atoms. The molecule has 0 radical (unpaired) electrons. The van der Waals surface area contributed by atoms with Crippen LogP contribution in [-0.4, -0.2) is 30.7 Å². The Labute approximate surface area is 104 Å². The summed E-state index contributed by atoms with van der Waals surface area (Å²) in [5.41, 5.74) is 0.675. The van der Waals surface area contributed by atoms with E-state index in [0.29, 0.717) is 36.7 Å². The highest BCUT2D eigenvalue weighted by atomic mass is 16.6. The lowest BCUT2D eigenvalue weighted by atomic mass is 10.0. The maximum absolute atomic E-state index is 10.7. The zero-order chi connectivity index (χ0) is 13.0. The van der Waals surface area contributed by atoms with E-state index in [0.717, 1.165) is 0 Å². The van der Waals surface area contributed by atoms with Gasteiger partial charge in [-0.3, -0.25) is 9.59 Å². The molecule has 6 nitrogen and oxygen atoms in total. The van der Waals surface area contributed by atoms with Crippen LogP contribution in [0.5, 0.6) is 11.5 Å². The molecular weight excluding hydrogens is 238 g/mol. The Morgan fingerprint density at radius 1 is 1.39 bits per heavy atom. The lowest BCUT2D eigenvalue weighted by molar-refractivity contribution is -0.137. The van der Waals surface area contributed by atoms with Gasteiger partial charge in [0, 0.05) is 0 Å². The number of fused-ring (bicyclic) bond motifs is 1. The molecule has 1 atom stereocenters. The summed E-state index contributed by atoms with van der Waals surface area (Å²) in [6.45, 7) is 0.957. The third-order valence-corrected chi connectivity index (χ3v) is 2.62. The maximum Gasteiger partial charge on any atom is 0.305 e. The molecule has 0 aromatic heterocycles. The molecule has 1 unspecified atom stereocenters. The van der Waals surface area contributed by atoms with E-state index >= 15 is 0 Å². The molecule has 2 rings (SSSR count). The molecule has 0 bridgehead atoms. The fourth-order valence-corrected chi connectivity index (χ4v) is 1.81. The molecule has 1 aliphatic rings. The minimum Gasteiger partial charge on any atom is -0.486 e. The van der Waals surface area contributed by atoms with E-state index in [2.05, 4.69) is 5.32 Å². The van der Waals surface area contributed by atoms with Crippen LogP contribution in [0.4, 0.5) is 0 Å². The van der Waals surface area contributed by atoms with Crippen molar-refractivity contribution in [3.05, 3.63) is 23.8 Å². The van der Waals surface area contributed by atoms with Gasteiger partial charge >= 0.3 is 5.97 Å². The number of carbonyl (C=O) groups excluding carboxylic acids is 1. The van der Waals surface area contributed by atoms with E-state index in [4.69, 9.17) is 14.6 Å². The maximum atomic E-state index is 10.7. The average Bonchev–Trinajstić information content (AvgIpc) is 2.37. The summed E-state index contributed by atoms with van der Waals surface area (Å²) >= 11 is 0. The van der Waals surface area contributed by atoms with Crippen LogP contribution in [0, 0.1) is 0 Å². The molecule has 0 saturated carbocycles. The number of carbonyl (C=O) groups is 2. The van der Waals surface area contributed by atoms with E-state index in [1.807, 2.05) is 0 Å². The predicted octanol–water partition coefficient (Wildman–Crippen LogP) is 0.720. The number of amides is 1. The Hall–Kier alpha value is -2.24. The summed E-state index contributed by atoms with van der Waals surface area (Å²) in [7, 11) is 0. The molecule has 0 fully saturated rings. The van der Waals surface area contributed by atoms with Gasteiger partial charge in [0.1, 0.15) is 13.2 Å². The number of carboxylic acid groups (broad SMARTS) is 1. The van der Waals surface area contributed by atoms with Crippen LogP contribution >= 0.6 is 0 Å². The second-order valence-electron chi connectivity index (χ2n) is 3.84. The van der Waals surface area contributed by atoms with Gasteiger partial charge in [0.15, 0.2) is 11.5 Å². The van der Waals surface area contributed by atoms with E-state index in [1.54, 1.807) is 18.2 Å². The smallest absolute Gasteiger partial charge is 0.305 e. The highest BCUT2D eigenvalue weighted by Crippen LogP contribution is 2.33. The molecule has 1 aliphatic heterocycles. The normalized spacial score (nSPS) is 14.7. The molecule has 18 heavy (non-hydrogen) atoms. The lowest BCUT2D eigenvalue weighted by Gasteiger charge is -2.21. The van der Waals surface area contributed by atoms with Crippen LogP contribution in [0.1, 0.15) is 18.0 Å². The quantitative estimate of drug-likeness (QED) is 0.753.